The van der Waals surface area contributed by atoms with Gasteiger partial charge in [-0.05, 0) is 45.6 Å². The lowest BCUT2D eigenvalue weighted by Crippen LogP contribution is -2.35. The van der Waals surface area contributed by atoms with Gasteiger partial charge in [0, 0.05) is 18.8 Å². The van der Waals surface area contributed by atoms with Crippen molar-refractivity contribution in [3.05, 3.63) is 36.0 Å². The summed E-state index contributed by atoms with van der Waals surface area (Å²) in [5.74, 6) is 1.84. The van der Waals surface area contributed by atoms with Crippen LogP contribution in [0.3, 0.4) is 0 Å². The molecule has 3 rings (SSSR count). The minimum absolute atomic E-state index is 0.118. The van der Waals surface area contributed by atoms with E-state index in [0.29, 0.717) is 24.8 Å². The summed E-state index contributed by atoms with van der Waals surface area (Å²) in [7, 11) is 4.03. The normalized spacial score (nSPS) is 13.7. The third-order valence-corrected chi connectivity index (χ3v) is 4.49. The summed E-state index contributed by atoms with van der Waals surface area (Å²) in [6.07, 6.45) is 1.87. The molecule has 1 aliphatic rings. The average Bonchev–Trinajstić information content (AvgIpc) is 3.07. The van der Waals surface area contributed by atoms with Crippen LogP contribution in [0.4, 0.5) is 5.82 Å². The molecule has 140 valence electrons. The van der Waals surface area contributed by atoms with Gasteiger partial charge in [-0.1, -0.05) is 6.07 Å². The Morgan fingerprint density at radius 3 is 2.69 bits per heavy atom. The SMILES string of the molecule is CN(C)CCn1ccc(NC(=O)C(C)(C)c2ccc3c(c2)OCCO3)n1. The third-order valence-electron chi connectivity index (χ3n) is 4.49. The van der Waals surface area contributed by atoms with Crippen molar-refractivity contribution in [2.75, 3.05) is 39.2 Å². The monoisotopic (exact) mass is 358 g/mol. The van der Waals surface area contributed by atoms with Crippen molar-refractivity contribution in [3.63, 3.8) is 0 Å². The highest BCUT2D eigenvalue weighted by atomic mass is 16.6. The minimum Gasteiger partial charge on any atom is -0.486 e. The molecule has 2 heterocycles. The van der Waals surface area contributed by atoms with Gasteiger partial charge in [0.1, 0.15) is 13.2 Å². The maximum Gasteiger partial charge on any atom is 0.235 e. The van der Waals surface area contributed by atoms with Gasteiger partial charge in [-0.15, -0.1) is 0 Å². The van der Waals surface area contributed by atoms with Crippen molar-refractivity contribution in [2.24, 2.45) is 0 Å². The van der Waals surface area contributed by atoms with E-state index in [0.717, 1.165) is 24.4 Å². The van der Waals surface area contributed by atoms with E-state index in [9.17, 15) is 4.79 Å². The molecule has 0 fully saturated rings. The highest BCUT2D eigenvalue weighted by Gasteiger charge is 2.31. The van der Waals surface area contributed by atoms with Crippen LogP contribution >= 0.6 is 0 Å². The molecule has 0 aliphatic carbocycles. The van der Waals surface area contributed by atoms with E-state index < -0.39 is 5.41 Å². The number of amides is 1. The van der Waals surface area contributed by atoms with Crippen LogP contribution in [0.5, 0.6) is 11.5 Å². The molecule has 1 aromatic carbocycles. The highest BCUT2D eigenvalue weighted by molar-refractivity contribution is 5.98. The summed E-state index contributed by atoms with van der Waals surface area (Å²) in [6.45, 7) is 6.50. The number of rotatable bonds is 6. The number of fused-ring (bicyclic) bond motifs is 1. The third kappa shape index (κ3) is 3.99. The number of benzene rings is 1. The van der Waals surface area contributed by atoms with Gasteiger partial charge in [0.05, 0.1) is 12.0 Å². The van der Waals surface area contributed by atoms with Crippen molar-refractivity contribution < 1.29 is 14.3 Å². The molecule has 0 radical (unpaired) electrons. The van der Waals surface area contributed by atoms with Crippen LogP contribution in [0.1, 0.15) is 19.4 Å². The number of hydrogen-bond acceptors (Lipinski definition) is 5. The molecule has 7 heteroatoms. The number of likely N-dealkylation sites (N-methyl/N-ethyl adjacent to an activating group) is 1. The van der Waals surface area contributed by atoms with Crippen LogP contribution < -0.4 is 14.8 Å². The number of anilines is 1. The zero-order valence-electron chi connectivity index (χ0n) is 15.8. The van der Waals surface area contributed by atoms with E-state index in [1.54, 1.807) is 0 Å². The summed E-state index contributed by atoms with van der Waals surface area (Å²) < 4.78 is 13.0. The molecule has 1 aromatic heterocycles. The Bertz CT molecular complexity index is 783. The zero-order valence-corrected chi connectivity index (χ0v) is 15.8. The molecule has 0 saturated heterocycles. The van der Waals surface area contributed by atoms with Gasteiger partial charge in [0.15, 0.2) is 17.3 Å². The van der Waals surface area contributed by atoms with Gasteiger partial charge in [-0.25, -0.2) is 0 Å². The summed E-state index contributed by atoms with van der Waals surface area (Å²) in [5.41, 5.74) is 0.134. The van der Waals surface area contributed by atoms with Crippen LogP contribution in [-0.4, -0.2) is 54.4 Å². The molecule has 2 aromatic rings. The number of nitrogens with zero attached hydrogens (tertiary/aromatic N) is 3. The number of hydrogen-bond donors (Lipinski definition) is 1. The van der Waals surface area contributed by atoms with Crippen LogP contribution in [0.25, 0.3) is 0 Å². The molecule has 0 saturated carbocycles. The van der Waals surface area contributed by atoms with Crippen molar-refractivity contribution in [2.45, 2.75) is 25.8 Å². The summed E-state index contributed by atoms with van der Waals surface area (Å²) in [6, 6.07) is 7.45. The summed E-state index contributed by atoms with van der Waals surface area (Å²) in [4.78, 5) is 14.9. The smallest absolute Gasteiger partial charge is 0.235 e. The molecular weight excluding hydrogens is 332 g/mol. The Hall–Kier alpha value is -2.54. The van der Waals surface area contributed by atoms with Crippen LogP contribution in [0.15, 0.2) is 30.5 Å². The molecule has 0 atom stereocenters. The molecule has 0 bridgehead atoms. The Labute approximate surface area is 153 Å². The number of carbonyl (C=O) groups is 1. The Balaban J connectivity index is 1.70. The molecular formula is C19H26N4O3. The molecule has 0 unspecified atom stereocenters. The van der Waals surface area contributed by atoms with Crippen LogP contribution in [0.2, 0.25) is 0 Å². The Morgan fingerprint density at radius 1 is 1.23 bits per heavy atom. The number of nitrogens with one attached hydrogen (secondary N) is 1. The molecule has 1 aliphatic heterocycles. The van der Waals surface area contributed by atoms with E-state index in [2.05, 4.69) is 15.3 Å². The first-order valence-corrected chi connectivity index (χ1v) is 8.76. The molecule has 1 amide bonds. The van der Waals surface area contributed by atoms with Gasteiger partial charge in [-0.2, -0.15) is 5.10 Å². The van der Waals surface area contributed by atoms with Crippen molar-refractivity contribution in [1.82, 2.24) is 14.7 Å². The van der Waals surface area contributed by atoms with Crippen LogP contribution in [-0.2, 0) is 16.8 Å². The number of carbonyl (C=O) groups excluding carboxylic acids is 1. The molecule has 7 nitrogen and oxygen atoms in total. The quantitative estimate of drug-likeness (QED) is 0.857. The predicted molar refractivity (Wildman–Crippen MR) is 99.9 cm³/mol. The second kappa shape index (κ2) is 7.37. The first-order chi connectivity index (χ1) is 12.4. The lowest BCUT2D eigenvalue weighted by Gasteiger charge is -2.26. The summed E-state index contributed by atoms with van der Waals surface area (Å²) in [5, 5.41) is 7.33. The predicted octanol–water partition coefficient (Wildman–Crippen LogP) is 2.13. The fourth-order valence-corrected chi connectivity index (χ4v) is 2.69. The van der Waals surface area contributed by atoms with Crippen molar-refractivity contribution >= 4 is 11.7 Å². The van der Waals surface area contributed by atoms with Crippen LogP contribution in [0, 0.1) is 0 Å². The second-order valence-corrected chi connectivity index (χ2v) is 7.20. The second-order valence-electron chi connectivity index (χ2n) is 7.20. The van der Waals surface area contributed by atoms with Gasteiger partial charge in [-0.3, -0.25) is 9.48 Å². The topological polar surface area (TPSA) is 68.6 Å². The maximum atomic E-state index is 12.8. The summed E-state index contributed by atoms with van der Waals surface area (Å²) >= 11 is 0. The van der Waals surface area contributed by atoms with E-state index in [4.69, 9.17) is 9.47 Å². The van der Waals surface area contributed by atoms with E-state index in [-0.39, 0.29) is 5.91 Å². The molecule has 26 heavy (non-hydrogen) atoms. The first kappa shape index (κ1) is 18.3. The van der Waals surface area contributed by atoms with Crippen molar-refractivity contribution in [3.8, 4) is 11.5 Å². The largest absolute Gasteiger partial charge is 0.486 e. The zero-order chi connectivity index (χ0) is 18.7. The Morgan fingerprint density at radius 2 is 1.96 bits per heavy atom. The minimum atomic E-state index is -0.733. The van der Waals surface area contributed by atoms with Gasteiger partial charge < -0.3 is 19.7 Å². The van der Waals surface area contributed by atoms with Gasteiger partial charge in [0.2, 0.25) is 5.91 Å². The fourth-order valence-electron chi connectivity index (χ4n) is 2.69. The lowest BCUT2D eigenvalue weighted by molar-refractivity contribution is -0.120. The van der Waals surface area contributed by atoms with Gasteiger partial charge >= 0.3 is 0 Å². The number of ether oxygens (including phenoxy) is 2. The fraction of sp³-hybridized carbons (Fsp3) is 0.474. The molecule has 1 N–H and O–H groups in total. The lowest BCUT2D eigenvalue weighted by atomic mass is 9.83. The maximum absolute atomic E-state index is 12.8. The average molecular weight is 358 g/mol. The van der Waals surface area contributed by atoms with E-state index in [1.807, 2.05) is 63.1 Å². The standard InChI is InChI=1S/C19H26N4O3/c1-19(2,14-5-6-15-16(13-14)26-12-11-25-15)18(24)20-17-7-8-23(21-17)10-9-22(3)4/h5-8,13H,9-12H2,1-4H3,(H,20,21,24). The number of aromatic nitrogens is 2. The van der Waals surface area contributed by atoms with Gasteiger partial charge in [0.25, 0.3) is 0 Å². The van der Waals surface area contributed by atoms with E-state index >= 15 is 0 Å². The Kier molecular flexibility index (Phi) is 5.18. The highest BCUT2D eigenvalue weighted by Crippen LogP contribution is 2.35. The first-order valence-electron chi connectivity index (χ1n) is 8.76. The van der Waals surface area contributed by atoms with E-state index in [1.165, 1.54) is 0 Å². The van der Waals surface area contributed by atoms with Crippen molar-refractivity contribution in [1.29, 1.82) is 0 Å². The molecule has 0 spiro atoms.